The van der Waals surface area contributed by atoms with Crippen LogP contribution < -0.4 is 4.90 Å². The molecule has 2 atom stereocenters. The predicted molar refractivity (Wildman–Crippen MR) is 270 cm³/mol. The summed E-state index contributed by atoms with van der Waals surface area (Å²) in [6, 6.07) is 78.8. The van der Waals surface area contributed by atoms with E-state index in [1.807, 2.05) is 0 Å². The minimum absolute atomic E-state index is 0.160. The highest BCUT2D eigenvalue weighted by Gasteiger charge is 2.39. The Morgan fingerprint density at radius 2 is 1.06 bits per heavy atom. The Labute approximate surface area is 371 Å². The van der Waals surface area contributed by atoms with Crippen molar-refractivity contribution in [3.8, 4) is 50.2 Å². The molecule has 2 unspecified atom stereocenters. The van der Waals surface area contributed by atoms with Crippen LogP contribution in [0.25, 0.3) is 99.1 Å². The van der Waals surface area contributed by atoms with Crippen molar-refractivity contribution in [1.82, 2.24) is 4.57 Å². The van der Waals surface area contributed by atoms with Gasteiger partial charge in [0, 0.05) is 33.3 Å². The van der Waals surface area contributed by atoms with Gasteiger partial charge in [0.05, 0.1) is 28.5 Å². The van der Waals surface area contributed by atoms with Gasteiger partial charge in [-0.1, -0.05) is 188 Å². The zero-order valence-electron chi connectivity index (χ0n) is 35.0. The highest BCUT2D eigenvalue weighted by Crippen LogP contribution is 2.52. The van der Waals surface area contributed by atoms with Gasteiger partial charge in [0.25, 0.3) is 0 Å². The maximum absolute atomic E-state index is 2.57. The number of anilines is 2. The normalized spacial score (nSPS) is 15.8. The molecule has 0 spiro atoms. The molecule has 2 nitrogen and oxygen atoms in total. The Kier molecular flexibility index (Phi) is 7.55. The average molecular weight is 813 g/mol. The summed E-state index contributed by atoms with van der Waals surface area (Å²) in [5.74, 6) is 0.265. The Bertz CT molecular complexity index is 3790. The zero-order chi connectivity index (χ0) is 41.9. The first-order valence-electron chi connectivity index (χ1n) is 22.4. The molecule has 0 radical (unpaired) electrons. The van der Waals surface area contributed by atoms with Gasteiger partial charge in [-0.05, 0) is 114 Å². The van der Waals surface area contributed by atoms with Gasteiger partial charge < -0.3 is 9.47 Å². The molecule has 0 saturated heterocycles. The molecule has 0 bridgehead atoms. The minimum atomic E-state index is 0.160. The van der Waals surface area contributed by atoms with Crippen LogP contribution in [0.5, 0.6) is 0 Å². The van der Waals surface area contributed by atoms with E-state index < -0.39 is 0 Å². The summed E-state index contributed by atoms with van der Waals surface area (Å²) in [4.78, 5) is 2.57. The highest BCUT2D eigenvalue weighted by atomic mass is 15.2. The lowest BCUT2D eigenvalue weighted by molar-refractivity contribution is 0.747. The van der Waals surface area contributed by atoms with Crippen LogP contribution in [0, 0.1) is 0 Å². The molecular formula is C62H40N2. The van der Waals surface area contributed by atoms with E-state index in [1.54, 1.807) is 0 Å². The fraction of sp³-hybridized carbons (Fsp3) is 0.0323. The van der Waals surface area contributed by atoms with Gasteiger partial charge in [-0.25, -0.2) is 0 Å². The van der Waals surface area contributed by atoms with Gasteiger partial charge in [-0.15, -0.1) is 0 Å². The molecule has 64 heavy (non-hydrogen) atoms. The fourth-order valence-electron chi connectivity index (χ4n) is 11.4. The molecule has 0 saturated carbocycles. The molecule has 0 fully saturated rings. The number of benzene rings is 10. The lowest BCUT2D eigenvalue weighted by Gasteiger charge is -2.30. The first-order valence-corrected chi connectivity index (χ1v) is 22.4. The third-order valence-electron chi connectivity index (χ3n) is 14.3. The molecule has 1 aromatic heterocycles. The maximum atomic E-state index is 2.57. The summed E-state index contributed by atoms with van der Waals surface area (Å²) in [6.45, 7) is 0. The number of hydrogen-bond donors (Lipinski definition) is 0. The molecule has 11 aromatic rings. The Hall–Kier alpha value is -8.20. The summed E-state index contributed by atoms with van der Waals surface area (Å²) in [5.41, 5.74) is 20.2. The topological polar surface area (TPSA) is 8.17 Å². The molecule has 1 aliphatic heterocycles. The van der Waals surface area contributed by atoms with Crippen molar-refractivity contribution in [3.05, 3.63) is 242 Å². The van der Waals surface area contributed by atoms with Crippen molar-refractivity contribution >= 4 is 60.3 Å². The van der Waals surface area contributed by atoms with Gasteiger partial charge in [0.2, 0.25) is 0 Å². The molecule has 10 aromatic carbocycles. The SMILES string of the molecule is C1=CC2c3ccc4ccccc4c3N(c3ccccc3)C2C=C1c1ccc2c(c1)c1ccccc1n2-c1ccccc1-c1ccc(-c2ccc3c(c2)-c2cccc4cccc-3c24)cc1. The van der Waals surface area contributed by atoms with Gasteiger partial charge in [-0.2, -0.15) is 0 Å². The standard InChI is InChI=1S/C62H40N2/c1-2-15-46(16-3-1)63-60-38-45(30-33-51(60)54-34-28-40-12-4-5-18-48(40)62(54)63)44-31-35-59-56(37-44)50-19-7-9-23-58(50)64(59)57-22-8-6-17-47(57)41-26-24-39(25-27-41)43-29-32-49-52-20-10-13-42-14-11-21-53(61(42)52)55(49)36-43/h1-38,51,60H. The van der Waals surface area contributed by atoms with Gasteiger partial charge in [-0.3, -0.25) is 0 Å². The van der Waals surface area contributed by atoms with E-state index in [0.717, 1.165) is 0 Å². The van der Waals surface area contributed by atoms with E-state index in [0.29, 0.717) is 0 Å². The van der Waals surface area contributed by atoms with Crippen LogP contribution in [0.1, 0.15) is 17.0 Å². The van der Waals surface area contributed by atoms with Crippen molar-refractivity contribution in [2.45, 2.75) is 12.0 Å². The molecule has 2 heteroatoms. The van der Waals surface area contributed by atoms with E-state index in [4.69, 9.17) is 0 Å². The van der Waals surface area contributed by atoms with Crippen molar-refractivity contribution in [2.75, 3.05) is 4.90 Å². The number of allylic oxidation sites excluding steroid dienone is 2. The van der Waals surface area contributed by atoms with Gasteiger partial charge >= 0.3 is 0 Å². The minimum Gasteiger partial charge on any atom is -0.333 e. The summed E-state index contributed by atoms with van der Waals surface area (Å²) < 4.78 is 2.47. The number of hydrogen-bond acceptors (Lipinski definition) is 1. The first kappa shape index (κ1) is 35.4. The average Bonchev–Trinajstić information content (AvgIpc) is 4.00. The third kappa shape index (κ3) is 5.14. The molecule has 298 valence electrons. The zero-order valence-corrected chi connectivity index (χ0v) is 35.0. The van der Waals surface area contributed by atoms with Crippen LogP contribution in [-0.4, -0.2) is 10.6 Å². The molecule has 2 aliphatic carbocycles. The van der Waals surface area contributed by atoms with Crippen LogP contribution in [0.3, 0.4) is 0 Å². The van der Waals surface area contributed by atoms with E-state index in [2.05, 4.69) is 240 Å². The van der Waals surface area contributed by atoms with Crippen molar-refractivity contribution in [3.63, 3.8) is 0 Å². The van der Waals surface area contributed by atoms with Crippen LogP contribution >= 0.6 is 0 Å². The van der Waals surface area contributed by atoms with E-state index in [9.17, 15) is 0 Å². The van der Waals surface area contributed by atoms with Crippen LogP contribution in [0.2, 0.25) is 0 Å². The van der Waals surface area contributed by atoms with Crippen LogP contribution in [-0.2, 0) is 0 Å². The lowest BCUT2D eigenvalue weighted by atomic mass is 9.86. The predicted octanol–water partition coefficient (Wildman–Crippen LogP) is 16.3. The number of rotatable bonds is 5. The lowest BCUT2D eigenvalue weighted by Crippen LogP contribution is -2.29. The second-order valence-electron chi connectivity index (χ2n) is 17.6. The van der Waals surface area contributed by atoms with Crippen molar-refractivity contribution in [1.29, 1.82) is 0 Å². The van der Waals surface area contributed by atoms with Crippen molar-refractivity contribution in [2.24, 2.45) is 0 Å². The molecule has 0 N–H and O–H groups in total. The Morgan fingerprint density at radius 3 is 1.94 bits per heavy atom. The summed E-state index contributed by atoms with van der Waals surface area (Å²) in [7, 11) is 0. The monoisotopic (exact) mass is 812 g/mol. The second kappa shape index (κ2) is 13.6. The number of fused-ring (bicyclic) bond motifs is 11. The van der Waals surface area contributed by atoms with Crippen LogP contribution in [0.4, 0.5) is 11.4 Å². The van der Waals surface area contributed by atoms with Crippen molar-refractivity contribution < 1.29 is 0 Å². The van der Waals surface area contributed by atoms with Crippen LogP contribution in [0.15, 0.2) is 231 Å². The van der Waals surface area contributed by atoms with E-state index >= 15 is 0 Å². The number of para-hydroxylation sites is 3. The highest BCUT2D eigenvalue weighted by molar-refractivity contribution is 6.16. The number of nitrogens with zero attached hydrogens (tertiary/aromatic N) is 2. The molecular weight excluding hydrogens is 773 g/mol. The van der Waals surface area contributed by atoms with E-state index in [1.165, 1.54) is 122 Å². The van der Waals surface area contributed by atoms with Gasteiger partial charge in [0.15, 0.2) is 0 Å². The smallest absolute Gasteiger partial charge is 0.0635 e. The largest absolute Gasteiger partial charge is 0.333 e. The fourth-order valence-corrected chi connectivity index (χ4v) is 11.4. The quantitative estimate of drug-likeness (QED) is 0.168. The molecule has 0 amide bonds. The molecule has 14 rings (SSSR count). The summed E-state index contributed by atoms with van der Waals surface area (Å²) in [5, 5.41) is 7.75. The van der Waals surface area contributed by atoms with Gasteiger partial charge in [0.1, 0.15) is 0 Å². The summed E-state index contributed by atoms with van der Waals surface area (Å²) >= 11 is 0. The Morgan fingerprint density at radius 1 is 0.391 bits per heavy atom. The molecule has 2 heterocycles. The maximum Gasteiger partial charge on any atom is 0.0635 e. The van der Waals surface area contributed by atoms with E-state index in [-0.39, 0.29) is 12.0 Å². The third-order valence-corrected chi connectivity index (χ3v) is 14.3. The molecule has 3 aliphatic rings. The number of aromatic nitrogens is 1. The summed E-state index contributed by atoms with van der Waals surface area (Å²) in [6.07, 6.45) is 7.30. The second-order valence-corrected chi connectivity index (χ2v) is 17.6. The Balaban J connectivity index is 0.842. The first-order chi connectivity index (χ1) is 31.7.